The molecule has 2 N–H and O–H groups in total. The Bertz CT molecular complexity index is 554. The summed E-state index contributed by atoms with van der Waals surface area (Å²) in [6, 6.07) is 5.11. The van der Waals surface area contributed by atoms with Crippen molar-refractivity contribution in [3.05, 3.63) is 18.2 Å². The minimum absolute atomic E-state index is 0.0264. The first-order valence-corrected chi connectivity index (χ1v) is 7.67. The van der Waals surface area contributed by atoms with Crippen molar-refractivity contribution in [2.24, 2.45) is 0 Å². The molecule has 1 heterocycles. The highest BCUT2D eigenvalue weighted by atomic mass is 16.5. The van der Waals surface area contributed by atoms with Crippen molar-refractivity contribution in [1.82, 2.24) is 4.90 Å². The predicted octanol–water partition coefficient (Wildman–Crippen LogP) is 1.64. The van der Waals surface area contributed by atoms with E-state index in [1.54, 1.807) is 23.1 Å². The molecule has 1 aliphatic heterocycles. The van der Waals surface area contributed by atoms with Crippen LogP contribution in [0.1, 0.15) is 26.7 Å². The van der Waals surface area contributed by atoms with Crippen LogP contribution in [0.3, 0.4) is 0 Å². The summed E-state index contributed by atoms with van der Waals surface area (Å²) in [5, 5.41) is 0. The summed E-state index contributed by atoms with van der Waals surface area (Å²) in [7, 11) is 0. The number of benzene rings is 1. The molecule has 1 aromatic carbocycles. The topological polar surface area (TPSA) is 75.9 Å². The van der Waals surface area contributed by atoms with Crippen LogP contribution < -0.4 is 15.4 Å². The largest absolute Gasteiger partial charge is 0.482 e. The van der Waals surface area contributed by atoms with Crippen LogP contribution in [-0.2, 0) is 9.59 Å². The third kappa shape index (κ3) is 3.50. The van der Waals surface area contributed by atoms with Crippen LogP contribution in [0.4, 0.5) is 11.4 Å². The molecule has 0 atom stereocenters. The fourth-order valence-electron chi connectivity index (χ4n) is 2.53. The Balaban J connectivity index is 2.19. The number of carbonyl (C=O) groups excluding carboxylic acids is 2. The summed E-state index contributed by atoms with van der Waals surface area (Å²) >= 11 is 0. The molecule has 0 saturated carbocycles. The van der Waals surface area contributed by atoms with Gasteiger partial charge in [-0.2, -0.15) is 0 Å². The van der Waals surface area contributed by atoms with Crippen molar-refractivity contribution in [1.29, 1.82) is 0 Å². The number of fused-ring (bicyclic) bond motifs is 1. The zero-order valence-corrected chi connectivity index (χ0v) is 13.2. The van der Waals surface area contributed by atoms with E-state index in [0.717, 1.165) is 12.8 Å². The van der Waals surface area contributed by atoms with E-state index in [0.29, 0.717) is 30.2 Å². The van der Waals surface area contributed by atoms with Gasteiger partial charge < -0.3 is 15.4 Å². The van der Waals surface area contributed by atoms with Crippen molar-refractivity contribution in [2.45, 2.75) is 26.7 Å². The maximum absolute atomic E-state index is 12.5. The molecular weight excluding hydrogens is 282 g/mol. The van der Waals surface area contributed by atoms with E-state index in [9.17, 15) is 9.59 Å². The van der Waals surface area contributed by atoms with Gasteiger partial charge in [-0.3, -0.25) is 14.5 Å². The summed E-state index contributed by atoms with van der Waals surface area (Å²) in [5.74, 6) is 0.311. The molecule has 0 bridgehead atoms. The molecule has 2 amide bonds. The molecule has 0 radical (unpaired) electrons. The van der Waals surface area contributed by atoms with Gasteiger partial charge in [-0.05, 0) is 31.0 Å². The fourth-order valence-corrected chi connectivity index (χ4v) is 2.53. The molecule has 22 heavy (non-hydrogen) atoms. The van der Waals surface area contributed by atoms with Crippen LogP contribution in [0, 0.1) is 0 Å². The van der Waals surface area contributed by atoms with E-state index < -0.39 is 0 Å². The Kier molecular flexibility index (Phi) is 5.25. The average Bonchev–Trinajstić information content (AvgIpc) is 2.50. The second kappa shape index (κ2) is 7.15. The number of hydrogen-bond acceptors (Lipinski definition) is 4. The maximum Gasteiger partial charge on any atom is 0.265 e. The Morgan fingerprint density at radius 3 is 2.64 bits per heavy atom. The number of nitrogens with zero attached hydrogens (tertiary/aromatic N) is 2. The second-order valence-electron chi connectivity index (χ2n) is 5.38. The molecule has 1 aliphatic rings. The normalized spacial score (nSPS) is 13.5. The summed E-state index contributed by atoms with van der Waals surface area (Å²) in [4.78, 5) is 27.9. The lowest BCUT2D eigenvalue weighted by Crippen LogP contribution is -2.46. The van der Waals surface area contributed by atoms with Crippen LogP contribution in [0.25, 0.3) is 0 Å². The monoisotopic (exact) mass is 305 g/mol. The molecule has 0 fully saturated rings. The molecule has 2 rings (SSSR count). The number of hydrogen-bond donors (Lipinski definition) is 1. The molecule has 0 unspecified atom stereocenters. The van der Waals surface area contributed by atoms with Gasteiger partial charge in [-0.1, -0.05) is 13.8 Å². The quantitative estimate of drug-likeness (QED) is 0.811. The lowest BCUT2D eigenvalue weighted by atomic mass is 10.2. The lowest BCUT2D eigenvalue weighted by molar-refractivity contribution is -0.132. The highest BCUT2D eigenvalue weighted by Crippen LogP contribution is 2.33. The Morgan fingerprint density at radius 2 is 2.00 bits per heavy atom. The molecule has 0 aliphatic carbocycles. The average molecular weight is 305 g/mol. The first-order chi connectivity index (χ1) is 10.6. The Morgan fingerprint density at radius 1 is 1.32 bits per heavy atom. The van der Waals surface area contributed by atoms with E-state index in [-0.39, 0.29) is 25.0 Å². The van der Waals surface area contributed by atoms with Crippen LogP contribution >= 0.6 is 0 Å². The summed E-state index contributed by atoms with van der Waals surface area (Å²) in [6.45, 7) is 5.45. The van der Waals surface area contributed by atoms with Crippen LogP contribution in [0.15, 0.2) is 18.2 Å². The van der Waals surface area contributed by atoms with Gasteiger partial charge >= 0.3 is 0 Å². The third-order valence-corrected chi connectivity index (χ3v) is 3.56. The van der Waals surface area contributed by atoms with Crippen molar-refractivity contribution >= 4 is 23.2 Å². The van der Waals surface area contributed by atoms with Gasteiger partial charge in [0.15, 0.2) is 6.61 Å². The van der Waals surface area contributed by atoms with Gasteiger partial charge in [0, 0.05) is 18.8 Å². The Labute approximate surface area is 130 Å². The van der Waals surface area contributed by atoms with Crippen molar-refractivity contribution in [2.75, 3.05) is 36.9 Å². The van der Waals surface area contributed by atoms with Crippen LogP contribution in [-0.4, -0.2) is 43.0 Å². The molecule has 1 aromatic rings. The highest BCUT2D eigenvalue weighted by molar-refractivity contribution is 6.02. The smallest absolute Gasteiger partial charge is 0.265 e. The molecular formula is C16H23N3O3. The fraction of sp³-hybridized carbons (Fsp3) is 0.500. The van der Waals surface area contributed by atoms with Gasteiger partial charge in [0.1, 0.15) is 12.3 Å². The lowest BCUT2D eigenvalue weighted by Gasteiger charge is -2.31. The number of ether oxygens (including phenoxy) is 1. The van der Waals surface area contributed by atoms with E-state index in [2.05, 4.69) is 0 Å². The molecule has 0 spiro atoms. The molecule has 0 saturated heterocycles. The summed E-state index contributed by atoms with van der Waals surface area (Å²) in [5.41, 5.74) is 6.89. The number of nitrogens with two attached hydrogens (primary N) is 1. The van der Waals surface area contributed by atoms with Crippen molar-refractivity contribution in [3.8, 4) is 5.75 Å². The summed E-state index contributed by atoms with van der Waals surface area (Å²) in [6.07, 6.45) is 1.79. The van der Waals surface area contributed by atoms with E-state index in [1.807, 2.05) is 13.8 Å². The van der Waals surface area contributed by atoms with Crippen molar-refractivity contribution < 1.29 is 14.3 Å². The number of anilines is 2. The molecule has 6 nitrogen and oxygen atoms in total. The van der Waals surface area contributed by atoms with Gasteiger partial charge in [-0.25, -0.2) is 0 Å². The third-order valence-electron chi connectivity index (χ3n) is 3.56. The minimum atomic E-state index is -0.223. The van der Waals surface area contributed by atoms with Crippen molar-refractivity contribution in [3.63, 3.8) is 0 Å². The zero-order chi connectivity index (χ0) is 16.1. The Hall–Kier alpha value is -2.24. The van der Waals surface area contributed by atoms with E-state index in [1.165, 1.54) is 4.90 Å². The van der Waals surface area contributed by atoms with Crippen LogP contribution in [0.2, 0.25) is 0 Å². The number of rotatable bonds is 6. The summed E-state index contributed by atoms with van der Waals surface area (Å²) < 4.78 is 5.39. The SMILES string of the molecule is CCCN(CCC)C(=O)CN1C(=O)COc2ccc(N)cc21. The first kappa shape index (κ1) is 16.1. The number of carbonyl (C=O) groups is 2. The number of amides is 2. The predicted molar refractivity (Wildman–Crippen MR) is 85.9 cm³/mol. The highest BCUT2D eigenvalue weighted by Gasteiger charge is 2.28. The van der Waals surface area contributed by atoms with E-state index in [4.69, 9.17) is 10.5 Å². The minimum Gasteiger partial charge on any atom is -0.482 e. The first-order valence-electron chi connectivity index (χ1n) is 7.67. The second-order valence-corrected chi connectivity index (χ2v) is 5.38. The standard InChI is InChI=1S/C16H23N3O3/c1-3-7-18(8-4-2)15(20)10-19-13-9-12(17)5-6-14(13)22-11-16(19)21/h5-6,9H,3-4,7-8,10-11,17H2,1-2H3. The van der Waals surface area contributed by atoms with Gasteiger partial charge in [-0.15, -0.1) is 0 Å². The van der Waals surface area contributed by atoms with E-state index >= 15 is 0 Å². The van der Waals surface area contributed by atoms with Gasteiger partial charge in [0.05, 0.1) is 5.69 Å². The zero-order valence-electron chi connectivity index (χ0n) is 13.2. The van der Waals surface area contributed by atoms with Gasteiger partial charge in [0.25, 0.3) is 5.91 Å². The van der Waals surface area contributed by atoms with Crippen LogP contribution in [0.5, 0.6) is 5.75 Å². The van der Waals surface area contributed by atoms with Gasteiger partial charge in [0.2, 0.25) is 5.91 Å². The molecule has 0 aromatic heterocycles. The molecule has 6 heteroatoms. The molecule has 120 valence electrons. The number of nitrogen functional groups attached to an aromatic ring is 1. The maximum atomic E-state index is 12.5.